The lowest BCUT2D eigenvalue weighted by atomic mass is 9.90. The van der Waals surface area contributed by atoms with E-state index >= 15 is 0 Å². The Balaban J connectivity index is 1.99. The van der Waals surface area contributed by atoms with Crippen LogP contribution in [0, 0.1) is 5.41 Å². The van der Waals surface area contributed by atoms with E-state index in [1.807, 2.05) is 40.5 Å². The number of carbonyl (C=O) groups is 2. The lowest BCUT2D eigenvalue weighted by Gasteiger charge is -2.18. The first-order chi connectivity index (χ1) is 9.92. The molecule has 0 saturated carbocycles. The van der Waals surface area contributed by atoms with Crippen molar-refractivity contribution in [3.8, 4) is 5.69 Å². The Kier molecular flexibility index (Phi) is 4.47. The first kappa shape index (κ1) is 15.3. The molecule has 5 nitrogen and oxygen atoms in total. The predicted octanol–water partition coefficient (Wildman–Crippen LogP) is 2.77. The van der Waals surface area contributed by atoms with Crippen LogP contribution in [0.15, 0.2) is 36.0 Å². The zero-order valence-corrected chi connectivity index (χ0v) is 12.8. The van der Waals surface area contributed by atoms with Gasteiger partial charge in [0.15, 0.2) is 0 Å². The second-order valence-electron chi connectivity index (χ2n) is 5.42. The van der Waals surface area contributed by atoms with Crippen LogP contribution < -0.4 is 5.32 Å². The molecule has 0 bridgehead atoms. The van der Waals surface area contributed by atoms with Crippen LogP contribution in [-0.2, 0) is 4.79 Å². The van der Waals surface area contributed by atoms with Crippen LogP contribution in [-0.4, -0.2) is 28.1 Å². The quantitative estimate of drug-likeness (QED) is 0.862. The second-order valence-corrected chi connectivity index (χ2v) is 6.34. The van der Waals surface area contributed by atoms with Gasteiger partial charge in [-0.1, -0.05) is 0 Å². The number of carboxylic acids is 1. The van der Waals surface area contributed by atoms with Gasteiger partial charge in [0.25, 0.3) is 5.91 Å². The molecule has 0 aromatic carbocycles. The van der Waals surface area contributed by atoms with Crippen LogP contribution in [0.2, 0.25) is 0 Å². The fraction of sp³-hybridized carbons (Fsp3) is 0.333. The Hall–Kier alpha value is -2.08. The summed E-state index contributed by atoms with van der Waals surface area (Å²) in [4.78, 5) is 23.9. The van der Waals surface area contributed by atoms with Crippen LogP contribution in [0.4, 0.5) is 0 Å². The van der Waals surface area contributed by atoms with Crippen molar-refractivity contribution in [2.45, 2.75) is 20.3 Å². The molecule has 2 aromatic rings. The van der Waals surface area contributed by atoms with E-state index in [1.165, 1.54) is 11.3 Å². The molecule has 0 unspecified atom stereocenters. The highest BCUT2D eigenvalue weighted by molar-refractivity contribution is 7.12. The van der Waals surface area contributed by atoms with Crippen LogP contribution >= 0.6 is 11.3 Å². The Bertz CT molecular complexity index is 629. The second kappa shape index (κ2) is 6.13. The molecular formula is C15H18N2O3S. The summed E-state index contributed by atoms with van der Waals surface area (Å²) >= 11 is 1.37. The van der Waals surface area contributed by atoms with Gasteiger partial charge in [0.1, 0.15) is 4.88 Å². The van der Waals surface area contributed by atoms with E-state index < -0.39 is 11.4 Å². The number of amides is 1. The van der Waals surface area contributed by atoms with Crippen LogP contribution in [0.3, 0.4) is 0 Å². The standard InChI is InChI=1S/C15H18N2O3S/c1-15(2,14(19)20)6-7-16-13(18)12-11(5-10-21-12)17-8-3-4-9-17/h3-5,8-10H,6-7H2,1-2H3,(H,16,18)(H,19,20). The average Bonchev–Trinajstić information content (AvgIpc) is 3.08. The number of hydrogen-bond donors (Lipinski definition) is 2. The molecule has 0 radical (unpaired) electrons. The zero-order chi connectivity index (χ0) is 15.5. The molecule has 0 atom stereocenters. The van der Waals surface area contributed by atoms with E-state index in [0.29, 0.717) is 17.8 Å². The van der Waals surface area contributed by atoms with E-state index in [1.54, 1.807) is 13.8 Å². The third-order valence-corrected chi connectivity index (χ3v) is 4.25. The summed E-state index contributed by atoms with van der Waals surface area (Å²) in [6.45, 7) is 3.64. The molecule has 2 N–H and O–H groups in total. The molecule has 112 valence electrons. The molecule has 0 aliphatic heterocycles. The Morgan fingerprint density at radius 1 is 1.33 bits per heavy atom. The Morgan fingerprint density at radius 2 is 2.00 bits per heavy atom. The molecule has 2 aromatic heterocycles. The monoisotopic (exact) mass is 306 g/mol. The highest BCUT2D eigenvalue weighted by atomic mass is 32.1. The molecule has 0 fully saturated rings. The molecule has 0 spiro atoms. The summed E-state index contributed by atoms with van der Waals surface area (Å²) in [6, 6.07) is 5.68. The Labute approximate surface area is 127 Å². The van der Waals surface area contributed by atoms with E-state index in [9.17, 15) is 9.59 Å². The fourth-order valence-corrected chi connectivity index (χ4v) is 2.65. The first-order valence-electron chi connectivity index (χ1n) is 6.64. The molecule has 6 heteroatoms. The van der Waals surface area contributed by atoms with Crippen molar-refractivity contribution in [1.29, 1.82) is 0 Å². The van der Waals surface area contributed by atoms with Crippen molar-refractivity contribution in [1.82, 2.24) is 9.88 Å². The number of nitrogens with zero attached hydrogens (tertiary/aromatic N) is 1. The molecule has 1 amide bonds. The predicted molar refractivity (Wildman–Crippen MR) is 82.0 cm³/mol. The summed E-state index contributed by atoms with van der Waals surface area (Å²) in [5.41, 5.74) is -0.00795. The number of carbonyl (C=O) groups excluding carboxylic acids is 1. The van der Waals surface area contributed by atoms with Gasteiger partial charge < -0.3 is 15.0 Å². The summed E-state index contributed by atoms with van der Waals surface area (Å²) < 4.78 is 1.88. The summed E-state index contributed by atoms with van der Waals surface area (Å²) in [6.07, 6.45) is 4.15. The van der Waals surface area contributed by atoms with Gasteiger partial charge in [-0.2, -0.15) is 0 Å². The number of aliphatic carboxylic acids is 1. The fourth-order valence-electron chi connectivity index (χ4n) is 1.85. The van der Waals surface area contributed by atoms with E-state index in [2.05, 4.69) is 5.32 Å². The number of rotatable bonds is 6. The van der Waals surface area contributed by atoms with Crippen molar-refractivity contribution < 1.29 is 14.7 Å². The molecule has 0 aliphatic rings. The van der Waals surface area contributed by atoms with Crippen LogP contribution in [0.25, 0.3) is 5.69 Å². The van der Waals surface area contributed by atoms with E-state index in [0.717, 1.165) is 5.69 Å². The number of nitrogens with one attached hydrogen (secondary N) is 1. The molecule has 0 aliphatic carbocycles. The normalized spacial score (nSPS) is 11.3. The number of carboxylic acid groups (broad SMARTS) is 1. The van der Waals surface area contributed by atoms with Crippen LogP contribution in [0.1, 0.15) is 29.9 Å². The number of aromatic nitrogens is 1. The molecule has 2 rings (SSSR count). The summed E-state index contributed by atoms with van der Waals surface area (Å²) in [7, 11) is 0. The minimum Gasteiger partial charge on any atom is -0.481 e. The van der Waals surface area contributed by atoms with Crippen molar-refractivity contribution in [2.75, 3.05) is 6.54 Å². The van der Waals surface area contributed by atoms with Crippen molar-refractivity contribution in [3.63, 3.8) is 0 Å². The maximum atomic E-state index is 12.2. The van der Waals surface area contributed by atoms with E-state index in [4.69, 9.17) is 5.11 Å². The highest BCUT2D eigenvalue weighted by Gasteiger charge is 2.26. The maximum Gasteiger partial charge on any atom is 0.309 e. The largest absolute Gasteiger partial charge is 0.481 e. The van der Waals surface area contributed by atoms with Gasteiger partial charge in [-0.05, 0) is 43.8 Å². The van der Waals surface area contributed by atoms with Gasteiger partial charge in [-0.3, -0.25) is 9.59 Å². The third kappa shape index (κ3) is 3.52. The SMILES string of the molecule is CC(C)(CCNC(=O)c1sccc1-n1cccc1)C(=O)O. The van der Waals surface area contributed by atoms with Gasteiger partial charge in [-0.15, -0.1) is 11.3 Å². The zero-order valence-electron chi connectivity index (χ0n) is 12.0. The minimum atomic E-state index is -0.860. The molecule has 2 heterocycles. The summed E-state index contributed by atoms with van der Waals surface area (Å²) in [5, 5.41) is 13.7. The van der Waals surface area contributed by atoms with Gasteiger partial charge in [-0.25, -0.2) is 0 Å². The molecular weight excluding hydrogens is 288 g/mol. The van der Waals surface area contributed by atoms with Gasteiger partial charge in [0.2, 0.25) is 0 Å². The topological polar surface area (TPSA) is 71.3 Å². The lowest BCUT2D eigenvalue weighted by molar-refractivity contribution is -0.147. The molecule has 21 heavy (non-hydrogen) atoms. The Morgan fingerprint density at radius 3 is 2.62 bits per heavy atom. The average molecular weight is 306 g/mol. The van der Waals surface area contributed by atoms with Crippen LogP contribution in [0.5, 0.6) is 0 Å². The van der Waals surface area contributed by atoms with Crippen molar-refractivity contribution >= 4 is 23.2 Å². The smallest absolute Gasteiger partial charge is 0.309 e. The molecule has 0 saturated heterocycles. The van der Waals surface area contributed by atoms with Crippen molar-refractivity contribution in [3.05, 3.63) is 40.8 Å². The van der Waals surface area contributed by atoms with Gasteiger partial charge >= 0.3 is 5.97 Å². The van der Waals surface area contributed by atoms with E-state index in [-0.39, 0.29) is 5.91 Å². The lowest BCUT2D eigenvalue weighted by Crippen LogP contribution is -2.31. The minimum absolute atomic E-state index is 0.171. The highest BCUT2D eigenvalue weighted by Crippen LogP contribution is 2.22. The third-order valence-electron chi connectivity index (χ3n) is 3.35. The maximum absolute atomic E-state index is 12.2. The van der Waals surface area contributed by atoms with Gasteiger partial charge in [0, 0.05) is 18.9 Å². The first-order valence-corrected chi connectivity index (χ1v) is 7.52. The number of thiophene rings is 1. The van der Waals surface area contributed by atoms with Crippen molar-refractivity contribution in [2.24, 2.45) is 5.41 Å². The number of hydrogen-bond acceptors (Lipinski definition) is 3. The van der Waals surface area contributed by atoms with Gasteiger partial charge in [0.05, 0.1) is 11.1 Å². The summed E-state index contributed by atoms with van der Waals surface area (Å²) in [5.74, 6) is -1.03.